The second-order valence-corrected chi connectivity index (χ2v) is 9.09. The molecule has 3 aromatic carbocycles. The van der Waals surface area contributed by atoms with Crippen LogP contribution in [0.15, 0.2) is 66.9 Å². The van der Waals surface area contributed by atoms with E-state index in [9.17, 15) is 9.90 Å². The van der Waals surface area contributed by atoms with E-state index in [4.69, 9.17) is 11.6 Å². The molecule has 0 radical (unpaired) electrons. The Bertz CT molecular complexity index is 1470. The Hall–Kier alpha value is -3.55. The summed E-state index contributed by atoms with van der Waals surface area (Å²) in [4.78, 5) is 18.1. The molecule has 6 nitrogen and oxygen atoms in total. The second kappa shape index (κ2) is 8.18. The van der Waals surface area contributed by atoms with Gasteiger partial charge in [-0.05, 0) is 24.3 Å². The number of phenols is 1. The van der Waals surface area contributed by atoms with Gasteiger partial charge >= 0.3 is 0 Å². The number of aromatic nitrogens is 2. The molecule has 0 aliphatic carbocycles. The molecule has 0 aliphatic rings. The summed E-state index contributed by atoms with van der Waals surface area (Å²) in [6.07, 6.45) is 1.72. The van der Waals surface area contributed by atoms with Crippen molar-refractivity contribution < 1.29 is 9.90 Å². The van der Waals surface area contributed by atoms with E-state index in [2.05, 4.69) is 15.6 Å². The summed E-state index contributed by atoms with van der Waals surface area (Å²) in [5.74, 6) is -0.446. The number of phenolic OH excluding ortho intramolecular Hbond substituents is 1. The van der Waals surface area contributed by atoms with Gasteiger partial charge in [-0.15, -0.1) is 11.3 Å². The lowest BCUT2D eigenvalue weighted by Gasteiger charge is -2.13. The molecular formula is C24H19ClN4O2S. The van der Waals surface area contributed by atoms with E-state index in [1.165, 1.54) is 11.3 Å². The number of amides is 1. The summed E-state index contributed by atoms with van der Waals surface area (Å²) < 4.78 is 2.50. The molecule has 0 fully saturated rings. The van der Waals surface area contributed by atoms with Crippen molar-refractivity contribution in [3.63, 3.8) is 0 Å². The third-order valence-corrected chi connectivity index (χ3v) is 6.54. The van der Waals surface area contributed by atoms with Crippen molar-refractivity contribution in [1.29, 1.82) is 0 Å². The molecule has 8 heteroatoms. The quantitative estimate of drug-likeness (QED) is 0.299. The number of anilines is 2. The molecule has 5 aromatic rings. The van der Waals surface area contributed by atoms with E-state index in [-0.39, 0.29) is 17.2 Å². The van der Waals surface area contributed by atoms with E-state index < -0.39 is 0 Å². The number of benzene rings is 3. The first-order valence-electron chi connectivity index (χ1n) is 9.96. The molecule has 5 rings (SSSR count). The Morgan fingerprint density at radius 2 is 1.81 bits per heavy atom. The van der Waals surface area contributed by atoms with Gasteiger partial charge in [0.2, 0.25) is 0 Å². The Kier molecular flexibility index (Phi) is 5.20. The highest BCUT2D eigenvalue weighted by molar-refractivity contribution is 7.15. The number of carbonyl (C=O) groups excluding carboxylic acids is 1. The molecule has 0 atom stereocenters. The van der Waals surface area contributed by atoms with Gasteiger partial charge in [-0.2, -0.15) is 0 Å². The first-order valence-corrected chi connectivity index (χ1v) is 11.2. The topological polar surface area (TPSA) is 79.2 Å². The molecule has 0 bridgehead atoms. The summed E-state index contributed by atoms with van der Waals surface area (Å²) in [5.41, 5.74) is 3.50. The highest BCUT2D eigenvalue weighted by Gasteiger charge is 2.17. The molecule has 0 spiro atoms. The third-order valence-electron chi connectivity index (χ3n) is 5.43. The summed E-state index contributed by atoms with van der Waals surface area (Å²) in [6.45, 7) is 0.532. The number of carbonyl (C=O) groups is 1. The number of hydrogen-bond acceptors (Lipinski definition) is 5. The molecule has 0 aliphatic heterocycles. The van der Waals surface area contributed by atoms with Gasteiger partial charge in [-0.25, -0.2) is 4.98 Å². The number of halogens is 1. The number of aromatic hydroxyl groups is 1. The van der Waals surface area contributed by atoms with Crippen molar-refractivity contribution in [3.05, 3.63) is 81.8 Å². The molecule has 160 valence electrons. The maximum Gasteiger partial charge on any atom is 0.259 e. The third kappa shape index (κ3) is 3.66. The van der Waals surface area contributed by atoms with Crippen LogP contribution in [0, 0.1) is 0 Å². The predicted octanol–water partition coefficient (Wildman–Crippen LogP) is 6.01. The fourth-order valence-corrected chi connectivity index (χ4v) is 4.78. The normalized spacial score (nSPS) is 11.2. The Balaban J connectivity index is 1.45. The van der Waals surface area contributed by atoms with E-state index in [0.717, 1.165) is 32.4 Å². The summed E-state index contributed by atoms with van der Waals surface area (Å²) in [7, 11) is 1.95. The van der Waals surface area contributed by atoms with Crippen LogP contribution in [0.3, 0.4) is 0 Å². The predicted molar refractivity (Wildman–Crippen MR) is 131 cm³/mol. The smallest absolute Gasteiger partial charge is 0.259 e. The van der Waals surface area contributed by atoms with Crippen molar-refractivity contribution in [2.24, 2.45) is 7.05 Å². The molecular weight excluding hydrogens is 444 g/mol. The van der Waals surface area contributed by atoms with Gasteiger partial charge < -0.3 is 20.3 Å². The fourth-order valence-electron chi connectivity index (χ4n) is 3.86. The largest absolute Gasteiger partial charge is 0.507 e. The molecule has 3 N–H and O–H groups in total. The zero-order valence-electron chi connectivity index (χ0n) is 17.1. The van der Waals surface area contributed by atoms with Crippen molar-refractivity contribution in [2.45, 2.75) is 6.54 Å². The van der Waals surface area contributed by atoms with Gasteiger partial charge in [0.05, 0.1) is 29.0 Å². The van der Waals surface area contributed by atoms with Gasteiger partial charge in [-0.1, -0.05) is 41.9 Å². The van der Waals surface area contributed by atoms with Crippen molar-refractivity contribution >= 4 is 62.0 Å². The van der Waals surface area contributed by atoms with Crippen LogP contribution in [0.25, 0.3) is 21.8 Å². The van der Waals surface area contributed by atoms with Crippen molar-refractivity contribution in [3.8, 4) is 5.75 Å². The summed E-state index contributed by atoms with van der Waals surface area (Å²) in [5, 5.41) is 18.8. The number of rotatable bonds is 5. The van der Waals surface area contributed by atoms with E-state index >= 15 is 0 Å². The van der Waals surface area contributed by atoms with Gasteiger partial charge in [-0.3, -0.25) is 4.79 Å². The second-order valence-electron chi connectivity index (χ2n) is 7.40. The lowest BCUT2D eigenvalue weighted by molar-refractivity contribution is 0.102. The number of aryl methyl sites for hydroxylation is 1. The molecule has 0 saturated heterocycles. The van der Waals surface area contributed by atoms with Crippen LogP contribution in [0.4, 0.5) is 11.4 Å². The van der Waals surface area contributed by atoms with E-state index in [0.29, 0.717) is 16.7 Å². The monoisotopic (exact) mass is 462 g/mol. The number of hydrogen-bond donors (Lipinski definition) is 3. The van der Waals surface area contributed by atoms with Gasteiger partial charge in [0.1, 0.15) is 5.75 Å². The zero-order chi connectivity index (χ0) is 22.2. The van der Waals surface area contributed by atoms with Crippen LogP contribution >= 0.6 is 22.9 Å². The first kappa shape index (κ1) is 20.4. The minimum absolute atomic E-state index is 0.0642. The van der Waals surface area contributed by atoms with Gasteiger partial charge in [0.15, 0.2) is 4.47 Å². The van der Waals surface area contributed by atoms with Crippen LogP contribution in [0.1, 0.15) is 15.2 Å². The van der Waals surface area contributed by atoms with Crippen molar-refractivity contribution in [2.75, 3.05) is 10.6 Å². The molecule has 0 unspecified atom stereocenters. The number of fused-ring (bicyclic) bond motifs is 3. The minimum atomic E-state index is -0.382. The van der Waals surface area contributed by atoms with E-state index in [1.54, 1.807) is 18.3 Å². The van der Waals surface area contributed by atoms with Gasteiger partial charge in [0, 0.05) is 40.5 Å². The number of nitrogens with zero attached hydrogens (tertiary/aromatic N) is 2. The average Bonchev–Trinajstić information content (AvgIpc) is 3.33. The van der Waals surface area contributed by atoms with Crippen molar-refractivity contribution in [1.82, 2.24) is 9.55 Å². The Labute approximate surface area is 193 Å². The van der Waals surface area contributed by atoms with Crippen LogP contribution < -0.4 is 10.6 Å². The Morgan fingerprint density at radius 1 is 1.06 bits per heavy atom. The average molecular weight is 463 g/mol. The van der Waals surface area contributed by atoms with E-state index in [1.807, 2.05) is 60.1 Å². The lowest BCUT2D eigenvalue weighted by Crippen LogP contribution is -2.14. The van der Waals surface area contributed by atoms with Crippen LogP contribution in [-0.2, 0) is 13.6 Å². The number of nitrogens with one attached hydrogen (secondary N) is 2. The standard InChI is InChI=1S/C24H19ClN4O2S/c1-29-20-9-5-2-6-15(20)16-10-17(22(30)11-21(16)29)23(31)28-19-8-4-3-7-18(19)26-12-14-13-27-24(25)32-14/h2-11,13,26,30H,12H2,1H3,(H,28,31). The molecule has 32 heavy (non-hydrogen) atoms. The lowest BCUT2D eigenvalue weighted by atomic mass is 10.1. The number of thiazole rings is 1. The SMILES string of the molecule is Cn1c2ccccc2c2cc(C(=O)Nc3ccccc3NCc3cnc(Cl)s3)c(O)cc21. The first-order chi connectivity index (χ1) is 15.5. The zero-order valence-corrected chi connectivity index (χ0v) is 18.7. The maximum atomic E-state index is 13.1. The molecule has 0 saturated carbocycles. The van der Waals surface area contributed by atoms with Crippen LogP contribution in [-0.4, -0.2) is 20.6 Å². The highest BCUT2D eigenvalue weighted by Crippen LogP contribution is 2.33. The fraction of sp³-hybridized carbons (Fsp3) is 0.0833. The number of para-hydroxylation sites is 3. The maximum absolute atomic E-state index is 13.1. The highest BCUT2D eigenvalue weighted by atomic mass is 35.5. The Morgan fingerprint density at radius 3 is 2.59 bits per heavy atom. The summed E-state index contributed by atoms with van der Waals surface area (Å²) >= 11 is 7.30. The molecule has 2 aromatic heterocycles. The molecule has 2 heterocycles. The molecule has 1 amide bonds. The summed E-state index contributed by atoms with van der Waals surface area (Å²) in [6, 6.07) is 18.8. The van der Waals surface area contributed by atoms with Crippen LogP contribution in [0.2, 0.25) is 4.47 Å². The van der Waals surface area contributed by atoms with Gasteiger partial charge in [0.25, 0.3) is 5.91 Å². The van der Waals surface area contributed by atoms with Crippen LogP contribution in [0.5, 0.6) is 5.75 Å². The minimum Gasteiger partial charge on any atom is -0.507 e.